The number of fused-ring (bicyclic) bond motifs is 1. The van der Waals surface area contributed by atoms with Gasteiger partial charge in [-0.05, 0) is 43.0 Å². The van der Waals surface area contributed by atoms with Gasteiger partial charge in [-0.15, -0.1) is 0 Å². The van der Waals surface area contributed by atoms with Gasteiger partial charge in [0.1, 0.15) is 7.19 Å². The third-order valence-electron chi connectivity index (χ3n) is 7.67. The van der Waals surface area contributed by atoms with Crippen molar-refractivity contribution in [2.75, 3.05) is 24.5 Å². The first-order valence-corrected chi connectivity index (χ1v) is 14.3. The Bertz CT molecular complexity index is 1820. The Morgan fingerprint density at radius 3 is 2.67 bits per heavy atom. The average molecular weight is 586 g/mol. The minimum Gasteiger partial charge on any atom is -0.350 e. The molecular weight excluding hydrogens is 552 g/mol. The van der Waals surface area contributed by atoms with E-state index in [1.54, 1.807) is 41.4 Å². The third-order valence-corrected chi connectivity index (χ3v) is 7.96. The summed E-state index contributed by atoms with van der Waals surface area (Å²) < 4.78 is 9.30. The summed E-state index contributed by atoms with van der Waals surface area (Å²) >= 11 is 6.88. The van der Waals surface area contributed by atoms with E-state index in [-0.39, 0.29) is 34.1 Å². The zero-order valence-electron chi connectivity index (χ0n) is 25.1. The molecule has 0 spiro atoms. The van der Waals surface area contributed by atoms with Crippen LogP contribution in [0.5, 0.6) is 0 Å². The standard InChI is InChI=1S/C32H33ClN6O3/c1-6-21-12-13-34-27(19(3)4)29(21)39-31-24(16-25(33)28(35-31)23-11-9-8-10-22(23)18-40)30(36-32(39)42)38-15-14-37(17-20(38)5)26(41)7-2/h7-13,16,18-20H,2,6,14-15,17H2,1,3-5H3/t20-/m0/s1/i18D. The lowest BCUT2D eigenvalue weighted by molar-refractivity contribution is -0.126. The Morgan fingerprint density at radius 1 is 1.24 bits per heavy atom. The van der Waals surface area contributed by atoms with Crippen LogP contribution in [0, 0.1) is 0 Å². The highest BCUT2D eigenvalue weighted by molar-refractivity contribution is 6.34. The first kappa shape index (κ1) is 27.8. The molecular formula is C32H33ClN6O3. The van der Waals surface area contributed by atoms with Crippen LogP contribution in [0.2, 0.25) is 5.02 Å². The molecule has 0 aliphatic carbocycles. The SMILES string of the molecule is [2H]C(=O)c1ccccc1-c1nc2c(cc1Cl)c(N1CCN(C(=O)C=C)C[C@@H]1C)nc(=O)n2-c1c(CC)ccnc1C(C)C. The van der Waals surface area contributed by atoms with Crippen molar-refractivity contribution < 1.29 is 11.0 Å². The summed E-state index contributed by atoms with van der Waals surface area (Å²) in [5, 5.41) is 0.785. The molecule has 0 bridgehead atoms. The Hall–Kier alpha value is -4.37. The maximum absolute atomic E-state index is 14.1. The molecule has 1 amide bonds. The van der Waals surface area contributed by atoms with Gasteiger partial charge in [0, 0.05) is 43.0 Å². The second-order valence-electron chi connectivity index (χ2n) is 10.6. The molecule has 3 aromatic heterocycles. The molecule has 1 aliphatic rings. The zero-order chi connectivity index (χ0) is 31.0. The molecule has 0 saturated carbocycles. The first-order chi connectivity index (χ1) is 20.6. The number of amides is 1. The van der Waals surface area contributed by atoms with Crippen LogP contribution >= 0.6 is 11.6 Å². The van der Waals surface area contributed by atoms with Crippen molar-refractivity contribution in [3.8, 4) is 16.9 Å². The highest BCUT2D eigenvalue weighted by Gasteiger charge is 2.30. The summed E-state index contributed by atoms with van der Waals surface area (Å²) in [5.41, 5.74) is 2.84. The summed E-state index contributed by atoms with van der Waals surface area (Å²) in [6.45, 7) is 12.9. The van der Waals surface area contributed by atoms with Crippen molar-refractivity contribution in [2.24, 2.45) is 0 Å². The molecule has 1 aliphatic heterocycles. The predicted octanol–water partition coefficient (Wildman–Crippen LogP) is 5.22. The van der Waals surface area contributed by atoms with Gasteiger partial charge in [0.25, 0.3) is 0 Å². The van der Waals surface area contributed by atoms with Gasteiger partial charge in [-0.3, -0.25) is 14.6 Å². The number of aryl methyl sites for hydroxylation is 1. The van der Waals surface area contributed by atoms with Gasteiger partial charge in [-0.25, -0.2) is 14.3 Å². The van der Waals surface area contributed by atoms with E-state index in [1.807, 2.05) is 38.7 Å². The van der Waals surface area contributed by atoms with Crippen LogP contribution in [0.4, 0.5) is 5.82 Å². The van der Waals surface area contributed by atoms with Crippen LogP contribution in [-0.2, 0) is 11.2 Å². The summed E-state index contributed by atoms with van der Waals surface area (Å²) in [5.74, 6) is 0.252. The predicted molar refractivity (Wildman–Crippen MR) is 166 cm³/mol. The lowest BCUT2D eigenvalue weighted by Gasteiger charge is -2.40. The molecule has 9 nitrogen and oxygen atoms in total. The molecule has 4 aromatic rings. The second-order valence-corrected chi connectivity index (χ2v) is 11.0. The van der Waals surface area contributed by atoms with Crippen molar-refractivity contribution in [3.05, 3.63) is 87.6 Å². The summed E-state index contributed by atoms with van der Waals surface area (Å²) in [4.78, 5) is 56.6. The molecule has 216 valence electrons. The number of carbonyl (C=O) groups excluding carboxylic acids is 2. The van der Waals surface area contributed by atoms with Crippen LogP contribution < -0.4 is 10.6 Å². The lowest BCUT2D eigenvalue weighted by atomic mass is 10.0. The molecule has 5 rings (SSSR count). The van der Waals surface area contributed by atoms with E-state index >= 15 is 0 Å². The molecule has 0 radical (unpaired) electrons. The zero-order valence-corrected chi connectivity index (χ0v) is 24.9. The van der Waals surface area contributed by atoms with Crippen molar-refractivity contribution in [1.29, 1.82) is 0 Å². The van der Waals surface area contributed by atoms with Crippen LogP contribution in [0.1, 0.15) is 56.6 Å². The second kappa shape index (κ2) is 11.9. The number of benzene rings is 1. The van der Waals surface area contributed by atoms with Gasteiger partial charge in [0.05, 0.1) is 27.5 Å². The monoisotopic (exact) mass is 585 g/mol. The number of rotatable bonds is 7. The molecule has 0 N–H and O–H groups in total. The first-order valence-electron chi connectivity index (χ1n) is 14.5. The van der Waals surface area contributed by atoms with Crippen LogP contribution in [0.15, 0.2) is 60.0 Å². The van der Waals surface area contributed by atoms with E-state index in [9.17, 15) is 14.4 Å². The number of aldehydes is 1. The Kier molecular flexibility index (Phi) is 7.84. The van der Waals surface area contributed by atoms with Gasteiger partial charge in [0.15, 0.2) is 11.9 Å². The Morgan fingerprint density at radius 2 is 2.00 bits per heavy atom. The third kappa shape index (κ3) is 5.09. The maximum Gasteiger partial charge on any atom is 0.355 e. The summed E-state index contributed by atoms with van der Waals surface area (Å²) in [7, 11) is 0. The molecule has 1 saturated heterocycles. The fraction of sp³-hybridized carbons (Fsp3) is 0.312. The molecule has 1 atom stereocenters. The number of hydrogen-bond donors (Lipinski definition) is 0. The van der Waals surface area contributed by atoms with Gasteiger partial charge >= 0.3 is 5.69 Å². The van der Waals surface area contributed by atoms with Gasteiger partial charge in [-0.2, -0.15) is 4.98 Å². The molecule has 0 unspecified atom stereocenters. The molecule has 1 aromatic carbocycles. The van der Waals surface area contributed by atoms with E-state index in [0.717, 1.165) is 11.3 Å². The highest BCUT2D eigenvalue weighted by atomic mass is 35.5. The Balaban J connectivity index is 1.85. The topological polar surface area (TPSA) is 101 Å². The maximum atomic E-state index is 14.1. The minimum absolute atomic E-state index is 0.00736. The summed E-state index contributed by atoms with van der Waals surface area (Å²) in [6, 6.07) is 10.1. The van der Waals surface area contributed by atoms with E-state index in [4.69, 9.17) is 18.0 Å². The van der Waals surface area contributed by atoms with Gasteiger partial charge in [-0.1, -0.05) is 63.2 Å². The lowest BCUT2D eigenvalue weighted by Crippen LogP contribution is -2.54. The van der Waals surface area contributed by atoms with E-state index in [0.29, 0.717) is 54.2 Å². The van der Waals surface area contributed by atoms with E-state index < -0.39 is 12.0 Å². The minimum atomic E-state index is -0.871. The number of piperazine rings is 1. The van der Waals surface area contributed by atoms with Crippen LogP contribution in [0.3, 0.4) is 0 Å². The van der Waals surface area contributed by atoms with Crippen LogP contribution in [-0.4, -0.2) is 62.3 Å². The molecule has 1 fully saturated rings. The van der Waals surface area contributed by atoms with Crippen molar-refractivity contribution >= 4 is 40.6 Å². The number of pyridine rings is 2. The van der Waals surface area contributed by atoms with Gasteiger partial charge < -0.3 is 9.80 Å². The normalized spacial score (nSPS) is 15.7. The van der Waals surface area contributed by atoms with Crippen molar-refractivity contribution in [3.63, 3.8) is 0 Å². The van der Waals surface area contributed by atoms with Gasteiger partial charge in [0.2, 0.25) is 5.91 Å². The van der Waals surface area contributed by atoms with E-state index in [1.165, 1.54) is 10.6 Å². The molecule has 4 heterocycles. The Labute approximate surface area is 250 Å². The van der Waals surface area contributed by atoms with Crippen LogP contribution in [0.25, 0.3) is 28.0 Å². The fourth-order valence-electron chi connectivity index (χ4n) is 5.57. The highest BCUT2D eigenvalue weighted by Crippen LogP contribution is 2.36. The molecule has 10 heteroatoms. The number of halogens is 1. The number of aromatic nitrogens is 4. The molecule has 42 heavy (non-hydrogen) atoms. The average Bonchev–Trinajstić information content (AvgIpc) is 2.99. The fourth-order valence-corrected chi connectivity index (χ4v) is 5.83. The van der Waals surface area contributed by atoms with Crippen molar-refractivity contribution in [2.45, 2.75) is 46.1 Å². The number of nitrogens with zero attached hydrogens (tertiary/aromatic N) is 6. The number of hydrogen-bond acceptors (Lipinski definition) is 7. The largest absolute Gasteiger partial charge is 0.355 e. The van der Waals surface area contributed by atoms with Crippen molar-refractivity contribution in [1.82, 2.24) is 24.4 Å². The smallest absolute Gasteiger partial charge is 0.350 e. The quantitative estimate of drug-likeness (QED) is 0.216. The number of carbonyl (C=O) groups is 2. The van der Waals surface area contributed by atoms with E-state index in [2.05, 4.69) is 16.5 Å². The summed E-state index contributed by atoms with van der Waals surface area (Å²) in [6.07, 6.45) is 2.81. The number of anilines is 1.